The van der Waals surface area contributed by atoms with Crippen molar-refractivity contribution in [1.29, 1.82) is 0 Å². The van der Waals surface area contributed by atoms with E-state index < -0.39 is 0 Å². The van der Waals surface area contributed by atoms with Crippen molar-refractivity contribution in [1.82, 2.24) is 5.32 Å². The van der Waals surface area contributed by atoms with Crippen molar-refractivity contribution >= 4 is 0 Å². The van der Waals surface area contributed by atoms with E-state index in [0.29, 0.717) is 18.1 Å². The summed E-state index contributed by atoms with van der Waals surface area (Å²) in [5, 5.41) is 3.78. The monoisotopic (exact) mass is 262 g/mol. The zero-order valence-corrected chi connectivity index (χ0v) is 12.1. The number of benzene rings is 1. The third-order valence-electron chi connectivity index (χ3n) is 4.14. The van der Waals surface area contributed by atoms with Gasteiger partial charge in [0, 0.05) is 18.1 Å². The summed E-state index contributed by atoms with van der Waals surface area (Å²) in [4.78, 5) is 0. The Labute approximate surface area is 116 Å². The van der Waals surface area contributed by atoms with E-state index in [1.165, 1.54) is 18.4 Å². The molecule has 0 amide bonds. The summed E-state index contributed by atoms with van der Waals surface area (Å²) in [6.45, 7) is 2.23. The van der Waals surface area contributed by atoms with Crippen LogP contribution in [0.5, 0.6) is 5.75 Å². The van der Waals surface area contributed by atoms with Crippen LogP contribution < -0.4 is 15.8 Å². The van der Waals surface area contributed by atoms with E-state index in [1.54, 1.807) is 7.11 Å². The molecule has 1 aromatic rings. The molecule has 1 aromatic carbocycles. The molecular formula is C16H26N2O. The van der Waals surface area contributed by atoms with Gasteiger partial charge in [0.05, 0.1) is 7.11 Å². The van der Waals surface area contributed by atoms with Crippen molar-refractivity contribution in [3.63, 3.8) is 0 Å². The number of nitrogens with two attached hydrogens (primary N) is 1. The first kappa shape index (κ1) is 14.4. The van der Waals surface area contributed by atoms with Gasteiger partial charge in [-0.1, -0.05) is 19.1 Å². The normalized spacial score (nSPS) is 25.0. The first-order valence-electron chi connectivity index (χ1n) is 7.38. The fourth-order valence-electron chi connectivity index (χ4n) is 2.86. The third kappa shape index (κ3) is 3.95. The highest BCUT2D eigenvalue weighted by molar-refractivity contribution is 5.29. The van der Waals surface area contributed by atoms with Gasteiger partial charge in [-0.3, -0.25) is 0 Å². The molecule has 3 nitrogen and oxygen atoms in total. The van der Waals surface area contributed by atoms with Crippen molar-refractivity contribution in [3.8, 4) is 5.75 Å². The molecule has 1 aliphatic rings. The summed E-state index contributed by atoms with van der Waals surface area (Å²) in [7, 11) is 1.70. The molecule has 0 aliphatic heterocycles. The molecule has 0 saturated heterocycles. The fraction of sp³-hybridized carbons (Fsp3) is 0.625. The Morgan fingerprint density at radius 2 is 1.84 bits per heavy atom. The van der Waals surface area contributed by atoms with Gasteiger partial charge in [-0.2, -0.15) is 0 Å². The van der Waals surface area contributed by atoms with E-state index in [0.717, 1.165) is 25.0 Å². The van der Waals surface area contributed by atoms with Crippen molar-refractivity contribution < 1.29 is 4.74 Å². The maximum absolute atomic E-state index is 5.96. The molecule has 0 bridgehead atoms. The molecule has 1 unspecified atom stereocenters. The summed E-state index contributed by atoms with van der Waals surface area (Å²) >= 11 is 0. The smallest absolute Gasteiger partial charge is 0.118 e. The second-order valence-electron chi connectivity index (χ2n) is 5.51. The fourth-order valence-corrected chi connectivity index (χ4v) is 2.86. The summed E-state index contributed by atoms with van der Waals surface area (Å²) in [5.74, 6) is 0.919. The lowest BCUT2D eigenvalue weighted by Gasteiger charge is -2.30. The van der Waals surface area contributed by atoms with Gasteiger partial charge in [-0.25, -0.2) is 0 Å². The molecule has 19 heavy (non-hydrogen) atoms. The Kier molecular flexibility index (Phi) is 5.23. The van der Waals surface area contributed by atoms with Gasteiger partial charge in [0.2, 0.25) is 0 Å². The topological polar surface area (TPSA) is 47.3 Å². The van der Waals surface area contributed by atoms with Crippen LogP contribution in [0.3, 0.4) is 0 Å². The second kappa shape index (κ2) is 6.92. The predicted molar refractivity (Wildman–Crippen MR) is 79.4 cm³/mol. The SMILES string of the molecule is CCC(NC1CCC(N)CC1)c1ccc(OC)cc1. The molecule has 3 heteroatoms. The van der Waals surface area contributed by atoms with Gasteiger partial charge < -0.3 is 15.8 Å². The van der Waals surface area contributed by atoms with Gasteiger partial charge >= 0.3 is 0 Å². The minimum atomic E-state index is 0.416. The number of nitrogens with one attached hydrogen (secondary N) is 1. The van der Waals surface area contributed by atoms with Crippen molar-refractivity contribution in [3.05, 3.63) is 29.8 Å². The summed E-state index contributed by atoms with van der Waals surface area (Å²) in [6, 6.07) is 9.87. The Bertz CT molecular complexity index is 369. The van der Waals surface area contributed by atoms with Crippen LogP contribution in [0, 0.1) is 0 Å². The Morgan fingerprint density at radius 1 is 1.21 bits per heavy atom. The van der Waals surface area contributed by atoms with Crippen LogP contribution in [0.1, 0.15) is 50.6 Å². The first-order chi connectivity index (χ1) is 9.22. The molecule has 106 valence electrons. The Hall–Kier alpha value is -1.06. The maximum Gasteiger partial charge on any atom is 0.118 e. The molecule has 0 radical (unpaired) electrons. The minimum absolute atomic E-state index is 0.416. The average Bonchev–Trinajstić information content (AvgIpc) is 2.47. The van der Waals surface area contributed by atoms with Crippen LogP contribution in [-0.2, 0) is 0 Å². The number of hydrogen-bond acceptors (Lipinski definition) is 3. The highest BCUT2D eigenvalue weighted by Gasteiger charge is 2.21. The zero-order chi connectivity index (χ0) is 13.7. The lowest BCUT2D eigenvalue weighted by molar-refractivity contribution is 0.312. The maximum atomic E-state index is 5.96. The van der Waals surface area contributed by atoms with Crippen LogP contribution >= 0.6 is 0 Å². The number of methoxy groups -OCH3 is 1. The van der Waals surface area contributed by atoms with E-state index >= 15 is 0 Å². The van der Waals surface area contributed by atoms with Crippen molar-refractivity contribution in [2.24, 2.45) is 5.73 Å². The zero-order valence-electron chi connectivity index (χ0n) is 12.1. The van der Waals surface area contributed by atoms with Crippen molar-refractivity contribution in [2.45, 2.75) is 57.2 Å². The summed E-state index contributed by atoms with van der Waals surface area (Å²) in [6.07, 6.45) is 5.81. The molecule has 2 rings (SSSR count). The second-order valence-corrected chi connectivity index (χ2v) is 5.51. The molecule has 1 saturated carbocycles. The molecule has 3 N–H and O–H groups in total. The Balaban J connectivity index is 1.95. The lowest BCUT2D eigenvalue weighted by atomic mass is 9.90. The molecular weight excluding hydrogens is 236 g/mol. The molecule has 0 spiro atoms. The van der Waals surface area contributed by atoms with Gasteiger partial charge in [0.25, 0.3) is 0 Å². The largest absolute Gasteiger partial charge is 0.497 e. The Morgan fingerprint density at radius 3 is 2.37 bits per heavy atom. The van der Waals surface area contributed by atoms with Crippen LogP contribution in [0.15, 0.2) is 24.3 Å². The highest BCUT2D eigenvalue weighted by Crippen LogP contribution is 2.24. The molecule has 0 heterocycles. The van der Waals surface area contributed by atoms with Gasteiger partial charge in [0.1, 0.15) is 5.75 Å². The van der Waals surface area contributed by atoms with E-state index in [1.807, 2.05) is 12.1 Å². The quantitative estimate of drug-likeness (QED) is 0.857. The van der Waals surface area contributed by atoms with Crippen LogP contribution in [0.2, 0.25) is 0 Å². The number of ether oxygens (including phenoxy) is 1. The minimum Gasteiger partial charge on any atom is -0.497 e. The molecule has 1 aliphatic carbocycles. The number of hydrogen-bond donors (Lipinski definition) is 2. The van der Waals surface area contributed by atoms with E-state index in [9.17, 15) is 0 Å². The number of rotatable bonds is 5. The van der Waals surface area contributed by atoms with Gasteiger partial charge in [0.15, 0.2) is 0 Å². The van der Waals surface area contributed by atoms with Crippen LogP contribution in [0.25, 0.3) is 0 Å². The van der Waals surface area contributed by atoms with Gasteiger partial charge in [-0.15, -0.1) is 0 Å². The van der Waals surface area contributed by atoms with E-state index in [-0.39, 0.29) is 0 Å². The van der Waals surface area contributed by atoms with Gasteiger partial charge in [-0.05, 0) is 49.8 Å². The van der Waals surface area contributed by atoms with Crippen molar-refractivity contribution in [2.75, 3.05) is 7.11 Å². The first-order valence-corrected chi connectivity index (χ1v) is 7.38. The molecule has 1 atom stereocenters. The van der Waals surface area contributed by atoms with E-state index in [2.05, 4.69) is 24.4 Å². The lowest BCUT2D eigenvalue weighted by Crippen LogP contribution is -2.39. The predicted octanol–water partition coefficient (Wildman–Crippen LogP) is 3.01. The average molecular weight is 262 g/mol. The van der Waals surface area contributed by atoms with Crippen LogP contribution in [-0.4, -0.2) is 19.2 Å². The molecule has 1 fully saturated rings. The standard InChI is InChI=1S/C16H26N2O/c1-3-16(12-4-10-15(19-2)11-5-12)18-14-8-6-13(17)7-9-14/h4-5,10-11,13-14,16,18H,3,6-9,17H2,1-2H3. The molecule has 0 aromatic heterocycles. The third-order valence-corrected chi connectivity index (χ3v) is 4.14. The summed E-state index contributed by atoms with van der Waals surface area (Å²) in [5.41, 5.74) is 7.31. The highest BCUT2D eigenvalue weighted by atomic mass is 16.5. The van der Waals surface area contributed by atoms with Crippen LogP contribution in [0.4, 0.5) is 0 Å². The summed E-state index contributed by atoms with van der Waals surface area (Å²) < 4.78 is 5.21. The van der Waals surface area contributed by atoms with E-state index in [4.69, 9.17) is 10.5 Å².